The van der Waals surface area contributed by atoms with Gasteiger partial charge in [-0.2, -0.15) is 0 Å². The molecule has 1 aliphatic rings. The lowest BCUT2D eigenvalue weighted by molar-refractivity contribution is -0.122. The number of carbonyl (C=O) groups excluding carboxylic acids is 1. The van der Waals surface area contributed by atoms with E-state index in [1.165, 1.54) is 5.39 Å². The van der Waals surface area contributed by atoms with E-state index in [9.17, 15) is 4.79 Å². The second kappa shape index (κ2) is 5.93. The maximum atomic E-state index is 11.6. The fraction of sp³-hybridized carbons (Fsp3) is 0.412. The Hall–Kier alpha value is -2.14. The Bertz CT molecular complexity index is 698. The van der Waals surface area contributed by atoms with Crippen molar-refractivity contribution in [3.8, 4) is 0 Å². The lowest BCUT2D eigenvalue weighted by Gasteiger charge is -2.23. The van der Waals surface area contributed by atoms with E-state index in [2.05, 4.69) is 22.0 Å². The molecule has 1 atom stereocenters. The molecule has 0 aliphatic carbocycles. The highest BCUT2D eigenvalue weighted by Crippen LogP contribution is 2.28. The number of primary amides is 1. The Morgan fingerprint density at radius 3 is 2.77 bits per heavy atom. The first kappa shape index (κ1) is 14.8. The van der Waals surface area contributed by atoms with Crippen LogP contribution in [0.2, 0.25) is 0 Å². The van der Waals surface area contributed by atoms with Crippen LogP contribution in [0.25, 0.3) is 10.8 Å². The molecule has 0 radical (unpaired) electrons. The normalized spacial score (nSPS) is 18.7. The number of pyridine rings is 1. The predicted octanol–water partition coefficient (Wildman–Crippen LogP) is 1.75. The third-order valence-electron chi connectivity index (χ3n) is 4.35. The maximum Gasteiger partial charge on any atom is 0.234 e. The summed E-state index contributed by atoms with van der Waals surface area (Å²) in [5.41, 5.74) is 6.66. The number of likely N-dealkylation sites (tertiary alicyclic amines) is 1. The van der Waals surface area contributed by atoms with Crippen molar-refractivity contribution < 1.29 is 4.79 Å². The first-order valence-electron chi connectivity index (χ1n) is 7.65. The minimum Gasteiger partial charge on any atom is -0.368 e. The van der Waals surface area contributed by atoms with E-state index < -0.39 is 0 Å². The van der Waals surface area contributed by atoms with Crippen LogP contribution < -0.4 is 10.6 Å². The average Bonchev–Trinajstić information content (AvgIpc) is 2.95. The quantitative estimate of drug-likeness (QED) is 0.934. The van der Waals surface area contributed by atoms with Gasteiger partial charge in [-0.25, -0.2) is 4.98 Å². The van der Waals surface area contributed by atoms with Gasteiger partial charge in [-0.15, -0.1) is 0 Å². The van der Waals surface area contributed by atoms with Crippen molar-refractivity contribution in [3.05, 3.63) is 36.0 Å². The number of nitrogens with two attached hydrogens (primary N) is 1. The van der Waals surface area contributed by atoms with Crippen LogP contribution in [0.3, 0.4) is 0 Å². The Balaban J connectivity index is 1.98. The summed E-state index contributed by atoms with van der Waals surface area (Å²) in [5.74, 6) is 0.742. The van der Waals surface area contributed by atoms with Gasteiger partial charge in [0.2, 0.25) is 5.91 Å². The molecule has 22 heavy (non-hydrogen) atoms. The molecular weight excluding hydrogens is 276 g/mol. The van der Waals surface area contributed by atoms with Crippen molar-refractivity contribution in [1.29, 1.82) is 0 Å². The third-order valence-corrected chi connectivity index (χ3v) is 4.35. The van der Waals surface area contributed by atoms with Gasteiger partial charge >= 0.3 is 0 Å². The number of hydrogen-bond acceptors (Lipinski definition) is 4. The summed E-state index contributed by atoms with van der Waals surface area (Å²) < 4.78 is 0. The van der Waals surface area contributed by atoms with Gasteiger partial charge in [-0.3, -0.25) is 9.69 Å². The Morgan fingerprint density at radius 2 is 2.09 bits per heavy atom. The molecule has 1 fully saturated rings. The molecule has 1 aromatic heterocycles. The second-order valence-electron chi connectivity index (χ2n) is 6.08. The van der Waals surface area contributed by atoms with Crippen LogP contribution in [0.5, 0.6) is 0 Å². The highest BCUT2D eigenvalue weighted by atomic mass is 16.1. The highest BCUT2D eigenvalue weighted by molar-refractivity contribution is 5.94. The fourth-order valence-electron chi connectivity index (χ4n) is 3.28. The van der Waals surface area contributed by atoms with Crippen LogP contribution in [-0.4, -0.2) is 42.5 Å². The first-order valence-corrected chi connectivity index (χ1v) is 7.65. The van der Waals surface area contributed by atoms with Gasteiger partial charge in [-0.05, 0) is 30.3 Å². The minimum absolute atomic E-state index is 0.146. The van der Waals surface area contributed by atoms with Gasteiger partial charge in [-0.1, -0.05) is 24.3 Å². The Kier molecular flexibility index (Phi) is 3.98. The van der Waals surface area contributed by atoms with Crippen molar-refractivity contribution in [2.45, 2.75) is 25.4 Å². The Labute approximate surface area is 130 Å². The van der Waals surface area contributed by atoms with Crippen LogP contribution >= 0.6 is 0 Å². The number of aromatic nitrogens is 1. The lowest BCUT2D eigenvalue weighted by atomic mass is 10.1. The number of nitrogens with zero attached hydrogens (tertiary/aromatic N) is 3. The van der Waals surface area contributed by atoms with Crippen LogP contribution in [-0.2, 0) is 11.3 Å². The summed E-state index contributed by atoms with van der Waals surface area (Å²) in [6.07, 6.45) is 3.80. The van der Waals surface area contributed by atoms with Gasteiger partial charge in [0.15, 0.2) is 0 Å². The zero-order valence-corrected chi connectivity index (χ0v) is 13.1. The molecule has 0 unspecified atom stereocenters. The molecular formula is C17H22N4O. The van der Waals surface area contributed by atoms with Gasteiger partial charge < -0.3 is 10.6 Å². The van der Waals surface area contributed by atoms with Crippen LogP contribution in [0.1, 0.15) is 18.4 Å². The summed E-state index contributed by atoms with van der Waals surface area (Å²) in [5, 5.41) is 2.33. The maximum absolute atomic E-state index is 11.6. The number of hydrogen-bond donors (Lipinski definition) is 1. The molecule has 3 rings (SSSR count). The van der Waals surface area contributed by atoms with Crippen LogP contribution in [0.15, 0.2) is 30.5 Å². The van der Waals surface area contributed by atoms with Gasteiger partial charge in [0.05, 0.1) is 6.04 Å². The van der Waals surface area contributed by atoms with Crippen molar-refractivity contribution >= 4 is 22.5 Å². The molecule has 0 spiro atoms. The smallest absolute Gasteiger partial charge is 0.234 e. The standard InChI is InChI=1S/C17H22N4O/c1-20(2)17-14-7-4-3-6-13(14)12(10-19-17)11-21-9-5-8-15(21)16(18)22/h3-4,6-7,10,15H,5,8-9,11H2,1-2H3,(H2,18,22)/t15-/m1/s1. The SMILES string of the molecule is CN(C)c1ncc(CN2CCC[C@@H]2C(N)=O)c2ccccc12. The number of fused-ring (bicyclic) bond motifs is 1. The van der Waals surface area contributed by atoms with Crippen LogP contribution in [0.4, 0.5) is 5.82 Å². The zero-order valence-electron chi connectivity index (χ0n) is 13.1. The molecule has 5 nitrogen and oxygen atoms in total. The summed E-state index contributed by atoms with van der Waals surface area (Å²) in [7, 11) is 4.00. The van der Waals surface area contributed by atoms with Crippen molar-refractivity contribution in [1.82, 2.24) is 9.88 Å². The summed E-state index contributed by atoms with van der Waals surface area (Å²) in [4.78, 5) is 20.4. The molecule has 1 amide bonds. The summed E-state index contributed by atoms with van der Waals surface area (Å²) >= 11 is 0. The van der Waals surface area contributed by atoms with Crippen molar-refractivity contribution in [3.63, 3.8) is 0 Å². The summed E-state index contributed by atoms with van der Waals surface area (Å²) in [6.45, 7) is 1.63. The van der Waals surface area contributed by atoms with Crippen molar-refractivity contribution in [2.75, 3.05) is 25.5 Å². The molecule has 5 heteroatoms. The van der Waals surface area contributed by atoms with Crippen molar-refractivity contribution in [2.24, 2.45) is 5.73 Å². The van der Waals surface area contributed by atoms with E-state index in [0.717, 1.165) is 42.7 Å². The molecule has 2 N–H and O–H groups in total. The van der Waals surface area contributed by atoms with E-state index in [4.69, 9.17) is 5.73 Å². The monoisotopic (exact) mass is 298 g/mol. The molecule has 2 aromatic rings. The molecule has 0 saturated carbocycles. The lowest BCUT2D eigenvalue weighted by Crippen LogP contribution is -2.39. The first-order chi connectivity index (χ1) is 10.6. The Morgan fingerprint density at radius 1 is 1.36 bits per heavy atom. The van der Waals surface area contributed by atoms with Gasteiger partial charge in [0, 0.05) is 32.2 Å². The molecule has 1 aliphatic heterocycles. The average molecular weight is 298 g/mol. The molecule has 2 heterocycles. The zero-order chi connectivity index (χ0) is 15.7. The number of carbonyl (C=O) groups is 1. The number of amides is 1. The topological polar surface area (TPSA) is 62.5 Å². The number of anilines is 1. The van der Waals surface area contributed by atoms with E-state index in [-0.39, 0.29) is 11.9 Å². The predicted molar refractivity (Wildman–Crippen MR) is 88.7 cm³/mol. The van der Waals surface area contributed by atoms with E-state index in [1.54, 1.807) is 0 Å². The number of rotatable bonds is 4. The third kappa shape index (κ3) is 2.64. The minimum atomic E-state index is -0.223. The summed E-state index contributed by atoms with van der Waals surface area (Å²) in [6, 6.07) is 8.14. The van der Waals surface area contributed by atoms with E-state index in [1.807, 2.05) is 37.3 Å². The van der Waals surface area contributed by atoms with Gasteiger partial charge in [0.1, 0.15) is 5.82 Å². The fourth-order valence-corrected chi connectivity index (χ4v) is 3.28. The van der Waals surface area contributed by atoms with Gasteiger partial charge in [0.25, 0.3) is 0 Å². The molecule has 116 valence electrons. The van der Waals surface area contributed by atoms with Crippen LogP contribution in [0, 0.1) is 0 Å². The largest absolute Gasteiger partial charge is 0.368 e. The number of benzene rings is 1. The second-order valence-corrected chi connectivity index (χ2v) is 6.08. The van der Waals surface area contributed by atoms with E-state index in [0.29, 0.717) is 0 Å². The highest BCUT2D eigenvalue weighted by Gasteiger charge is 2.29. The molecule has 0 bridgehead atoms. The van der Waals surface area contributed by atoms with E-state index >= 15 is 0 Å². The molecule has 1 saturated heterocycles. The molecule has 1 aromatic carbocycles.